The first kappa shape index (κ1) is 19.1. The highest BCUT2D eigenvalue weighted by Gasteiger charge is 2.63. The van der Waals surface area contributed by atoms with E-state index in [0.717, 1.165) is 44.9 Å². The molecule has 0 aromatic rings. The first-order valence-corrected chi connectivity index (χ1v) is 10.9. The number of carbonyl (C=O) groups is 3. The maximum atomic E-state index is 13.5. The van der Waals surface area contributed by atoms with Gasteiger partial charge in [-0.1, -0.05) is 13.8 Å². The van der Waals surface area contributed by atoms with E-state index < -0.39 is 0 Å². The fourth-order valence-corrected chi connectivity index (χ4v) is 8.04. The number of ether oxygens (including phenoxy) is 1. The van der Waals surface area contributed by atoms with Crippen molar-refractivity contribution in [1.29, 1.82) is 0 Å². The van der Waals surface area contributed by atoms with E-state index in [1.807, 2.05) is 0 Å². The van der Waals surface area contributed by atoms with Crippen LogP contribution in [0, 0.1) is 40.4 Å². The monoisotopic (exact) mass is 374 g/mol. The summed E-state index contributed by atoms with van der Waals surface area (Å²) in [6.45, 7) is 7.75. The second-order valence-corrected chi connectivity index (χ2v) is 10.4. The van der Waals surface area contributed by atoms with Crippen molar-refractivity contribution < 1.29 is 19.1 Å². The van der Waals surface area contributed by atoms with Gasteiger partial charge in [-0.3, -0.25) is 14.4 Å². The summed E-state index contributed by atoms with van der Waals surface area (Å²) in [6.07, 6.45) is 7.64. The predicted molar refractivity (Wildman–Crippen MR) is 102 cm³/mol. The van der Waals surface area contributed by atoms with E-state index in [9.17, 15) is 14.4 Å². The third-order valence-electron chi connectivity index (χ3n) is 9.12. The molecule has 0 saturated heterocycles. The molecule has 4 fully saturated rings. The SMILES string of the molecule is CC(=O)O[C@H]1CC[C@@]2(C)[C@@H](CC[C@H]3[C@H]4CC[C@@H](C(C)=O)[C@@]4(C)CC(=O)[C@@H]32)C1. The molecular weight excluding hydrogens is 340 g/mol. The first-order chi connectivity index (χ1) is 12.7. The number of carbonyl (C=O) groups excluding carboxylic acids is 3. The van der Waals surface area contributed by atoms with E-state index in [1.54, 1.807) is 6.92 Å². The third kappa shape index (κ3) is 2.81. The highest BCUT2D eigenvalue weighted by atomic mass is 16.5. The summed E-state index contributed by atoms with van der Waals surface area (Å²) in [4.78, 5) is 37.1. The molecule has 0 heterocycles. The fourth-order valence-electron chi connectivity index (χ4n) is 8.04. The Morgan fingerprint density at radius 1 is 1.00 bits per heavy atom. The molecule has 0 bridgehead atoms. The standard InChI is InChI=1S/C23H34O4/c1-13(24)18-7-8-19-17-6-5-15-11-16(27-14(2)25)9-10-22(15,3)21(17)20(26)12-23(18,19)4/h15-19,21H,5-12H2,1-4H3/t15-,16-,17-,18-,19+,21+,22-,23+/m0/s1. The zero-order valence-electron chi connectivity index (χ0n) is 17.3. The largest absolute Gasteiger partial charge is 0.463 e. The second-order valence-electron chi connectivity index (χ2n) is 10.4. The number of Topliss-reactive ketones (excluding diaryl/α,β-unsaturated/α-hetero) is 2. The zero-order valence-corrected chi connectivity index (χ0v) is 17.3. The Hall–Kier alpha value is -1.19. The number of esters is 1. The van der Waals surface area contributed by atoms with Gasteiger partial charge in [0, 0.05) is 25.2 Å². The van der Waals surface area contributed by atoms with Crippen molar-refractivity contribution in [2.45, 2.75) is 85.2 Å². The van der Waals surface area contributed by atoms with Crippen molar-refractivity contribution in [3.63, 3.8) is 0 Å². The van der Waals surface area contributed by atoms with Gasteiger partial charge in [0.1, 0.15) is 17.7 Å². The number of hydrogen-bond acceptors (Lipinski definition) is 4. The van der Waals surface area contributed by atoms with Crippen LogP contribution in [0.25, 0.3) is 0 Å². The van der Waals surface area contributed by atoms with Crippen molar-refractivity contribution in [2.75, 3.05) is 0 Å². The molecule has 0 unspecified atom stereocenters. The lowest BCUT2D eigenvalue weighted by Crippen LogP contribution is -2.58. The highest BCUT2D eigenvalue weighted by Crippen LogP contribution is 2.66. The Bertz CT molecular complexity index is 669. The Morgan fingerprint density at radius 3 is 2.41 bits per heavy atom. The van der Waals surface area contributed by atoms with Crippen LogP contribution in [-0.2, 0) is 19.1 Å². The summed E-state index contributed by atoms with van der Waals surface area (Å²) >= 11 is 0. The van der Waals surface area contributed by atoms with Crippen molar-refractivity contribution in [2.24, 2.45) is 40.4 Å². The van der Waals surface area contributed by atoms with Gasteiger partial charge in [0.25, 0.3) is 0 Å². The second kappa shape index (κ2) is 6.42. The molecule has 0 radical (unpaired) electrons. The lowest BCUT2D eigenvalue weighted by Gasteiger charge is -2.59. The third-order valence-corrected chi connectivity index (χ3v) is 9.12. The fraction of sp³-hybridized carbons (Fsp3) is 0.870. The quantitative estimate of drug-likeness (QED) is 0.675. The van der Waals surface area contributed by atoms with Crippen LogP contribution in [0.4, 0.5) is 0 Å². The summed E-state index contributed by atoms with van der Waals surface area (Å²) in [5.74, 6) is 2.11. The summed E-state index contributed by atoms with van der Waals surface area (Å²) in [7, 11) is 0. The average Bonchev–Trinajstić information content (AvgIpc) is 2.91. The van der Waals surface area contributed by atoms with Crippen molar-refractivity contribution in [1.82, 2.24) is 0 Å². The van der Waals surface area contributed by atoms with E-state index in [1.165, 1.54) is 6.92 Å². The van der Waals surface area contributed by atoms with Crippen LogP contribution in [-0.4, -0.2) is 23.6 Å². The van der Waals surface area contributed by atoms with Gasteiger partial charge >= 0.3 is 5.97 Å². The molecule has 27 heavy (non-hydrogen) atoms. The van der Waals surface area contributed by atoms with Gasteiger partial charge in [-0.2, -0.15) is 0 Å². The number of rotatable bonds is 2. The molecule has 0 spiro atoms. The molecule has 4 saturated carbocycles. The van der Waals surface area contributed by atoms with Crippen LogP contribution in [0.2, 0.25) is 0 Å². The Morgan fingerprint density at radius 2 is 1.74 bits per heavy atom. The topological polar surface area (TPSA) is 60.4 Å². The van der Waals surface area contributed by atoms with Crippen molar-refractivity contribution >= 4 is 17.5 Å². The molecule has 4 aliphatic carbocycles. The van der Waals surface area contributed by atoms with Gasteiger partial charge in [0.15, 0.2) is 0 Å². The van der Waals surface area contributed by atoms with Crippen LogP contribution < -0.4 is 0 Å². The highest BCUT2D eigenvalue weighted by molar-refractivity contribution is 5.87. The maximum Gasteiger partial charge on any atom is 0.302 e. The Kier molecular flexibility index (Phi) is 4.55. The first-order valence-electron chi connectivity index (χ1n) is 10.9. The van der Waals surface area contributed by atoms with Gasteiger partial charge in [0.2, 0.25) is 0 Å². The molecule has 4 heteroatoms. The molecule has 4 aliphatic rings. The number of ketones is 2. The zero-order chi connectivity index (χ0) is 19.6. The summed E-state index contributed by atoms with van der Waals surface area (Å²) in [5, 5.41) is 0. The molecule has 0 aliphatic heterocycles. The minimum absolute atomic E-state index is 0.0228. The Labute approximate surface area is 162 Å². The molecule has 4 rings (SSSR count). The van der Waals surface area contributed by atoms with E-state index in [2.05, 4.69) is 13.8 Å². The van der Waals surface area contributed by atoms with Crippen LogP contribution in [0.15, 0.2) is 0 Å². The lowest BCUT2D eigenvalue weighted by atomic mass is 9.44. The molecule has 0 aromatic carbocycles. The van der Waals surface area contributed by atoms with Gasteiger partial charge in [-0.15, -0.1) is 0 Å². The van der Waals surface area contributed by atoms with E-state index in [-0.39, 0.29) is 40.5 Å². The van der Waals surface area contributed by atoms with Crippen LogP contribution in [0.5, 0.6) is 0 Å². The molecular formula is C23H34O4. The van der Waals surface area contributed by atoms with Gasteiger partial charge in [0.05, 0.1) is 0 Å². The van der Waals surface area contributed by atoms with Crippen molar-refractivity contribution in [3.8, 4) is 0 Å². The Balaban J connectivity index is 1.60. The van der Waals surface area contributed by atoms with E-state index in [0.29, 0.717) is 30.0 Å². The molecule has 4 nitrogen and oxygen atoms in total. The lowest BCUT2D eigenvalue weighted by molar-refractivity contribution is -0.169. The molecule has 0 N–H and O–H groups in total. The van der Waals surface area contributed by atoms with E-state index in [4.69, 9.17) is 4.74 Å². The molecule has 8 atom stereocenters. The number of hydrogen-bond donors (Lipinski definition) is 0. The maximum absolute atomic E-state index is 13.5. The normalized spacial score (nSPS) is 49.0. The predicted octanol–water partition coefficient (Wildman–Crippen LogP) is 4.35. The average molecular weight is 375 g/mol. The minimum Gasteiger partial charge on any atom is -0.463 e. The van der Waals surface area contributed by atoms with Crippen LogP contribution in [0.3, 0.4) is 0 Å². The van der Waals surface area contributed by atoms with Crippen LogP contribution in [0.1, 0.15) is 79.1 Å². The van der Waals surface area contributed by atoms with Gasteiger partial charge in [-0.05, 0) is 80.5 Å². The van der Waals surface area contributed by atoms with Crippen molar-refractivity contribution in [3.05, 3.63) is 0 Å². The summed E-state index contributed by atoms with van der Waals surface area (Å²) < 4.78 is 5.51. The molecule has 0 aromatic heterocycles. The molecule has 150 valence electrons. The van der Waals surface area contributed by atoms with Gasteiger partial charge in [-0.25, -0.2) is 0 Å². The molecule has 0 amide bonds. The smallest absolute Gasteiger partial charge is 0.302 e. The summed E-state index contributed by atoms with van der Waals surface area (Å²) in [5.41, 5.74) is -0.0888. The van der Waals surface area contributed by atoms with E-state index >= 15 is 0 Å². The minimum atomic E-state index is -0.192. The van der Waals surface area contributed by atoms with Crippen LogP contribution >= 0.6 is 0 Å². The van der Waals surface area contributed by atoms with Gasteiger partial charge < -0.3 is 4.74 Å². The summed E-state index contributed by atoms with van der Waals surface area (Å²) in [6, 6.07) is 0. The number of fused-ring (bicyclic) bond motifs is 5.